The fourth-order valence-electron chi connectivity index (χ4n) is 2.58. The van der Waals surface area contributed by atoms with Gasteiger partial charge in [-0.05, 0) is 37.0 Å². The highest BCUT2D eigenvalue weighted by Gasteiger charge is 2.27. The molecule has 5 nitrogen and oxygen atoms in total. The molecule has 0 unspecified atom stereocenters. The molecule has 19 heavy (non-hydrogen) atoms. The third kappa shape index (κ3) is 2.54. The first-order valence-corrected chi connectivity index (χ1v) is 6.69. The number of amides is 2. The largest absolute Gasteiger partial charge is 0.385 e. The van der Waals surface area contributed by atoms with E-state index in [-0.39, 0.29) is 11.8 Å². The summed E-state index contributed by atoms with van der Waals surface area (Å²) in [6.45, 7) is 0.975. The molecule has 3 rings (SSSR count). The van der Waals surface area contributed by atoms with E-state index in [1.165, 1.54) is 5.56 Å². The molecule has 100 valence electrons. The second-order valence-corrected chi connectivity index (χ2v) is 5.05. The Morgan fingerprint density at radius 3 is 3.00 bits per heavy atom. The average Bonchev–Trinajstić information content (AvgIpc) is 2.85. The smallest absolute Gasteiger partial charge is 0.246 e. The van der Waals surface area contributed by atoms with Crippen molar-refractivity contribution >= 4 is 23.2 Å². The van der Waals surface area contributed by atoms with Crippen molar-refractivity contribution in [1.82, 2.24) is 5.32 Å². The maximum absolute atomic E-state index is 12.0. The molecule has 2 aliphatic heterocycles. The summed E-state index contributed by atoms with van der Waals surface area (Å²) >= 11 is 0. The Bertz CT molecular complexity index is 527. The van der Waals surface area contributed by atoms with Gasteiger partial charge in [-0.25, -0.2) is 0 Å². The summed E-state index contributed by atoms with van der Waals surface area (Å²) < 4.78 is 0. The van der Waals surface area contributed by atoms with E-state index >= 15 is 0 Å². The lowest BCUT2D eigenvalue weighted by atomic mass is 10.0. The first-order valence-electron chi connectivity index (χ1n) is 6.69. The van der Waals surface area contributed by atoms with Crippen LogP contribution in [0.1, 0.15) is 24.8 Å². The molecule has 1 atom stereocenters. The van der Waals surface area contributed by atoms with E-state index in [1.54, 1.807) is 0 Å². The van der Waals surface area contributed by atoms with Crippen LogP contribution in [0.25, 0.3) is 0 Å². The zero-order chi connectivity index (χ0) is 13.2. The van der Waals surface area contributed by atoms with Crippen LogP contribution in [0.5, 0.6) is 0 Å². The van der Waals surface area contributed by atoms with Crippen LogP contribution in [0, 0.1) is 0 Å². The second-order valence-electron chi connectivity index (χ2n) is 5.05. The van der Waals surface area contributed by atoms with Crippen LogP contribution in [-0.2, 0) is 16.0 Å². The summed E-state index contributed by atoms with van der Waals surface area (Å²) in [6, 6.07) is 5.53. The van der Waals surface area contributed by atoms with Crippen molar-refractivity contribution in [2.75, 3.05) is 17.2 Å². The summed E-state index contributed by atoms with van der Waals surface area (Å²) in [6.07, 6.45) is 3.24. The van der Waals surface area contributed by atoms with Crippen LogP contribution >= 0.6 is 0 Å². The summed E-state index contributed by atoms with van der Waals surface area (Å²) in [5, 5.41) is 8.86. The van der Waals surface area contributed by atoms with Gasteiger partial charge in [-0.3, -0.25) is 9.59 Å². The number of aryl methyl sites for hydroxylation is 1. The molecule has 0 bridgehead atoms. The minimum Gasteiger partial charge on any atom is -0.385 e. The highest BCUT2D eigenvalue weighted by Crippen LogP contribution is 2.25. The van der Waals surface area contributed by atoms with Crippen LogP contribution < -0.4 is 16.0 Å². The van der Waals surface area contributed by atoms with E-state index in [0.717, 1.165) is 30.8 Å². The molecule has 3 N–H and O–H groups in total. The molecule has 0 saturated carbocycles. The zero-order valence-corrected chi connectivity index (χ0v) is 10.7. The number of benzene rings is 1. The summed E-state index contributed by atoms with van der Waals surface area (Å²) in [4.78, 5) is 23.1. The Kier molecular flexibility index (Phi) is 3.11. The fourth-order valence-corrected chi connectivity index (χ4v) is 2.58. The molecular weight excluding hydrogens is 242 g/mol. The molecule has 0 spiro atoms. The minimum absolute atomic E-state index is 0.0488. The number of anilines is 2. The van der Waals surface area contributed by atoms with Crippen LogP contribution in [0.3, 0.4) is 0 Å². The number of nitrogens with one attached hydrogen (secondary N) is 3. The second kappa shape index (κ2) is 4.91. The number of carbonyl (C=O) groups is 2. The van der Waals surface area contributed by atoms with Crippen LogP contribution in [0.4, 0.5) is 11.4 Å². The van der Waals surface area contributed by atoms with Gasteiger partial charge in [0, 0.05) is 24.3 Å². The monoisotopic (exact) mass is 259 g/mol. The third-order valence-electron chi connectivity index (χ3n) is 3.63. The van der Waals surface area contributed by atoms with Crippen molar-refractivity contribution in [3.63, 3.8) is 0 Å². The maximum Gasteiger partial charge on any atom is 0.246 e. The molecule has 0 aliphatic carbocycles. The molecule has 0 radical (unpaired) electrons. The predicted octanol–water partition coefficient (Wildman–Crippen LogP) is 1.26. The lowest BCUT2D eigenvalue weighted by Crippen LogP contribution is -2.37. The molecular formula is C14H17N3O2. The molecule has 1 saturated heterocycles. The molecule has 1 aromatic carbocycles. The van der Waals surface area contributed by atoms with E-state index in [1.807, 2.05) is 18.2 Å². The molecule has 5 heteroatoms. The SMILES string of the molecule is O=C1CC[C@@H](C(=O)Nc2ccc3c(c2)NCCC3)N1. The van der Waals surface area contributed by atoms with E-state index in [4.69, 9.17) is 0 Å². The van der Waals surface area contributed by atoms with Crippen molar-refractivity contribution in [2.24, 2.45) is 0 Å². The van der Waals surface area contributed by atoms with E-state index < -0.39 is 6.04 Å². The van der Waals surface area contributed by atoms with Gasteiger partial charge in [0.05, 0.1) is 0 Å². The lowest BCUT2D eigenvalue weighted by molar-refractivity contribution is -0.122. The van der Waals surface area contributed by atoms with Gasteiger partial charge < -0.3 is 16.0 Å². The summed E-state index contributed by atoms with van der Waals surface area (Å²) in [7, 11) is 0. The van der Waals surface area contributed by atoms with Crippen LogP contribution in [-0.4, -0.2) is 24.4 Å². The van der Waals surface area contributed by atoms with Crippen molar-refractivity contribution in [3.05, 3.63) is 23.8 Å². The van der Waals surface area contributed by atoms with Crippen LogP contribution in [0.2, 0.25) is 0 Å². The van der Waals surface area contributed by atoms with Crippen molar-refractivity contribution < 1.29 is 9.59 Å². The minimum atomic E-state index is -0.392. The van der Waals surface area contributed by atoms with Gasteiger partial charge in [-0.2, -0.15) is 0 Å². The van der Waals surface area contributed by atoms with E-state index in [0.29, 0.717) is 12.8 Å². The first-order chi connectivity index (χ1) is 9.22. The molecule has 2 aliphatic rings. The van der Waals surface area contributed by atoms with Crippen molar-refractivity contribution in [2.45, 2.75) is 31.7 Å². The Labute approximate surface area is 111 Å². The summed E-state index contributed by atoms with van der Waals surface area (Å²) in [5.74, 6) is -0.186. The van der Waals surface area contributed by atoms with Gasteiger partial charge in [0.15, 0.2) is 0 Å². The number of carbonyl (C=O) groups excluding carboxylic acids is 2. The average molecular weight is 259 g/mol. The van der Waals surface area contributed by atoms with Gasteiger partial charge in [0.1, 0.15) is 6.04 Å². The van der Waals surface area contributed by atoms with E-state index in [2.05, 4.69) is 16.0 Å². The molecule has 1 fully saturated rings. The van der Waals surface area contributed by atoms with E-state index in [9.17, 15) is 9.59 Å². The van der Waals surface area contributed by atoms with Gasteiger partial charge >= 0.3 is 0 Å². The Balaban J connectivity index is 1.69. The van der Waals surface area contributed by atoms with Gasteiger partial charge in [0.25, 0.3) is 0 Å². The molecule has 1 aromatic rings. The number of hydrogen-bond donors (Lipinski definition) is 3. The first kappa shape index (κ1) is 12.0. The maximum atomic E-state index is 12.0. The molecule has 2 heterocycles. The Morgan fingerprint density at radius 1 is 1.32 bits per heavy atom. The third-order valence-corrected chi connectivity index (χ3v) is 3.63. The van der Waals surface area contributed by atoms with Gasteiger partial charge in [-0.15, -0.1) is 0 Å². The van der Waals surface area contributed by atoms with Gasteiger partial charge in [0.2, 0.25) is 11.8 Å². The standard InChI is InChI=1S/C14H17N3O2/c18-13-6-5-11(17-13)14(19)16-10-4-3-9-2-1-7-15-12(9)8-10/h3-4,8,11,15H,1-2,5-7H2,(H,16,19)(H,17,18)/t11-/m0/s1. The molecule has 0 aromatic heterocycles. The number of fused-ring (bicyclic) bond motifs is 1. The lowest BCUT2D eigenvalue weighted by Gasteiger charge is -2.19. The molecule has 2 amide bonds. The van der Waals surface area contributed by atoms with Crippen molar-refractivity contribution in [1.29, 1.82) is 0 Å². The quantitative estimate of drug-likeness (QED) is 0.749. The number of hydrogen-bond acceptors (Lipinski definition) is 3. The normalized spacial score (nSPS) is 21.3. The highest BCUT2D eigenvalue weighted by atomic mass is 16.2. The van der Waals surface area contributed by atoms with Crippen molar-refractivity contribution in [3.8, 4) is 0 Å². The van der Waals surface area contributed by atoms with Gasteiger partial charge in [-0.1, -0.05) is 6.07 Å². The predicted molar refractivity (Wildman–Crippen MR) is 73.0 cm³/mol. The fraction of sp³-hybridized carbons (Fsp3) is 0.429. The Morgan fingerprint density at radius 2 is 2.21 bits per heavy atom. The summed E-state index contributed by atoms with van der Waals surface area (Å²) in [5.41, 5.74) is 3.16. The zero-order valence-electron chi connectivity index (χ0n) is 10.7. The Hall–Kier alpha value is -2.04. The number of rotatable bonds is 2. The van der Waals surface area contributed by atoms with Crippen LogP contribution in [0.15, 0.2) is 18.2 Å². The topological polar surface area (TPSA) is 70.2 Å². The highest BCUT2D eigenvalue weighted by molar-refractivity contribution is 5.99.